The number of nitrogens with zero attached hydrogens (tertiary/aromatic N) is 4. The maximum atomic E-state index is 12.2. The van der Waals surface area contributed by atoms with Crippen LogP contribution in [0.25, 0.3) is 10.7 Å². The van der Waals surface area contributed by atoms with Crippen LogP contribution in [0.1, 0.15) is 18.2 Å². The normalized spacial score (nSPS) is 10.9. The molecule has 0 saturated carbocycles. The van der Waals surface area contributed by atoms with Crippen LogP contribution in [0.2, 0.25) is 0 Å². The summed E-state index contributed by atoms with van der Waals surface area (Å²) in [5.41, 5.74) is 2.82. The highest BCUT2D eigenvalue weighted by Crippen LogP contribution is 2.31. The number of thioether (sulfide) groups is 1. The van der Waals surface area contributed by atoms with E-state index in [0.717, 1.165) is 27.6 Å². The topological polar surface area (TPSA) is 74.8 Å². The van der Waals surface area contributed by atoms with Gasteiger partial charge in [-0.3, -0.25) is 14.8 Å². The molecule has 3 aromatic heterocycles. The van der Waals surface area contributed by atoms with Crippen molar-refractivity contribution in [1.29, 1.82) is 0 Å². The molecule has 4 rings (SSSR count). The number of carbonyl (C=O) groups is 1. The van der Waals surface area contributed by atoms with E-state index in [1.54, 1.807) is 23.2 Å². The summed E-state index contributed by atoms with van der Waals surface area (Å²) >= 11 is 4.59. The van der Waals surface area contributed by atoms with Gasteiger partial charge in [0.25, 0.3) is 0 Å². The molecule has 6 nitrogen and oxygen atoms in total. The van der Waals surface area contributed by atoms with E-state index in [0.29, 0.717) is 16.0 Å². The fraction of sp³-hybridized carbons (Fsp3) is 0.158. The van der Waals surface area contributed by atoms with Crippen LogP contribution < -0.4 is 4.90 Å². The summed E-state index contributed by atoms with van der Waals surface area (Å²) in [6, 6.07) is 11.8. The van der Waals surface area contributed by atoms with Crippen molar-refractivity contribution in [3.05, 3.63) is 58.4 Å². The van der Waals surface area contributed by atoms with Gasteiger partial charge in [-0.1, -0.05) is 30.0 Å². The average molecular weight is 428 g/mol. The molecule has 0 aliphatic heterocycles. The maximum absolute atomic E-state index is 12.2. The Bertz CT molecular complexity index is 1090. The minimum absolute atomic E-state index is 0.0614. The molecule has 0 aliphatic carbocycles. The van der Waals surface area contributed by atoms with Gasteiger partial charge in [0.1, 0.15) is 0 Å². The molecule has 142 valence electrons. The lowest BCUT2D eigenvalue weighted by atomic mass is 10.2. The minimum atomic E-state index is -0.0614. The molecule has 1 aromatic carbocycles. The van der Waals surface area contributed by atoms with Crippen LogP contribution in [-0.2, 0) is 10.5 Å². The summed E-state index contributed by atoms with van der Waals surface area (Å²) in [4.78, 5) is 24.1. The number of benzene rings is 1. The van der Waals surface area contributed by atoms with E-state index in [4.69, 9.17) is 0 Å². The van der Waals surface area contributed by atoms with Gasteiger partial charge in [-0.15, -0.1) is 27.8 Å². The lowest BCUT2D eigenvalue weighted by Gasteiger charge is -2.18. The molecule has 4 aromatic rings. The number of aryl methyl sites for hydroxylation is 1. The highest BCUT2D eigenvalue weighted by atomic mass is 32.2. The number of hydrogen-bond donors (Lipinski definition) is 1. The van der Waals surface area contributed by atoms with Crippen molar-refractivity contribution >= 4 is 51.2 Å². The van der Waals surface area contributed by atoms with Gasteiger partial charge < -0.3 is 0 Å². The largest absolute Gasteiger partial charge is 0.274 e. The SMILES string of the molecule is CC(=O)N(c1cccc(C)c1)c1nc(CSc2n[nH]c(-c3cccs3)n2)cs1. The quantitative estimate of drug-likeness (QED) is 0.424. The molecule has 0 atom stereocenters. The first-order chi connectivity index (χ1) is 13.6. The number of thiophene rings is 1. The Morgan fingerprint density at radius 2 is 2.11 bits per heavy atom. The Kier molecular flexibility index (Phi) is 5.56. The van der Waals surface area contributed by atoms with E-state index in [2.05, 4.69) is 20.2 Å². The van der Waals surface area contributed by atoms with Crippen LogP contribution in [0, 0.1) is 6.92 Å². The van der Waals surface area contributed by atoms with Crippen molar-refractivity contribution in [3.8, 4) is 10.7 Å². The van der Waals surface area contributed by atoms with Gasteiger partial charge in [0, 0.05) is 18.1 Å². The zero-order valence-electron chi connectivity index (χ0n) is 15.2. The summed E-state index contributed by atoms with van der Waals surface area (Å²) in [6.45, 7) is 3.56. The molecule has 1 N–H and O–H groups in total. The van der Waals surface area contributed by atoms with E-state index in [1.807, 2.05) is 54.1 Å². The van der Waals surface area contributed by atoms with Crippen LogP contribution in [-0.4, -0.2) is 26.1 Å². The summed E-state index contributed by atoms with van der Waals surface area (Å²) in [7, 11) is 0. The van der Waals surface area contributed by atoms with Crippen molar-refractivity contribution in [2.75, 3.05) is 4.90 Å². The second kappa shape index (κ2) is 8.26. The standard InChI is InChI=1S/C19H17N5OS3/c1-12-5-3-6-15(9-12)24(13(2)25)19-20-14(11-28-19)10-27-18-21-17(22-23-18)16-7-4-8-26-16/h3-9,11H,10H2,1-2H3,(H,21,22,23). The molecular weight excluding hydrogens is 410 g/mol. The Balaban J connectivity index is 1.47. The first kappa shape index (κ1) is 18.9. The first-order valence-electron chi connectivity index (χ1n) is 8.51. The Labute approximate surface area is 174 Å². The van der Waals surface area contributed by atoms with Crippen LogP contribution in [0.3, 0.4) is 0 Å². The fourth-order valence-electron chi connectivity index (χ4n) is 2.63. The van der Waals surface area contributed by atoms with E-state index >= 15 is 0 Å². The molecule has 0 aliphatic rings. The molecule has 0 unspecified atom stereocenters. The van der Waals surface area contributed by atoms with Gasteiger partial charge in [0.15, 0.2) is 11.0 Å². The molecule has 0 fully saturated rings. The molecule has 0 radical (unpaired) electrons. The predicted molar refractivity (Wildman–Crippen MR) is 115 cm³/mol. The second-order valence-corrected chi connectivity index (χ2v) is 8.77. The predicted octanol–water partition coefficient (Wildman–Crippen LogP) is 5.28. The van der Waals surface area contributed by atoms with Crippen molar-refractivity contribution in [2.45, 2.75) is 24.8 Å². The van der Waals surface area contributed by atoms with Gasteiger partial charge in [-0.2, -0.15) is 0 Å². The van der Waals surface area contributed by atoms with Gasteiger partial charge in [0.05, 0.1) is 16.3 Å². The van der Waals surface area contributed by atoms with E-state index in [1.165, 1.54) is 23.1 Å². The number of hydrogen-bond acceptors (Lipinski definition) is 7. The number of thiazole rings is 1. The number of amides is 1. The molecule has 9 heteroatoms. The zero-order chi connectivity index (χ0) is 19.5. The molecule has 0 saturated heterocycles. The number of H-pyrrole nitrogens is 1. The van der Waals surface area contributed by atoms with Crippen LogP contribution in [0.4, 0.5) is 10.8 Å². The van der Waals surface area contributed by atoms with Gasteiger partial charge >= 0.3 is 0 Å². The van der Waals surface area contributed by atoms with Crippen molar-refractivity contribution in [1.82, 2.24) is 20.2 Å². The lowest BCUT2D eigenvalue weighted by Crippen LogP contribution is -2.22. The minimum Gasteiger partial charge on any atom is -0.274 e. The molecule has 1 amide bonds. The summed E-state index contributed by atoms with van der Waals surface area (Å²) in [5.74, 6) is 1.35. The number of anilines is 2. The number of aromatic amines is 1. The molecule has 3 heterocycles. The van der Waals surface area contributed by atoms with Crippen molar-refractivity contribution in [2.24, 2.45) is 0 Å². The smallest absolute Gasteiger partial charge is 0.230 e. The van der Waals surface area contributed by atoms with Gasteiger partial charge in [-0.05, 0) is 36.1 Å². The zero-order valence-corrected chi connectivity index (χ0v) is 17.7. The molecule has 28 heavy (non-hydrogen) atoms. The van der Waals surface area contributed by atoms with E-state index in [9.17, 15) is 4.79 Å². The Hall–Kier alpha value is -2.49. The van der Waals surface area contributed by atoms with Gasteiger partial charge in [0.2, 0.25) is 11.1 Å². The number of nitrogens with one attached hydrogen (secondary N) is 1. The lowest BCUT2D eigenvalue weighted by molar-refractivity contribution is -0.115. The highest BCUT2D eigenvalue weighted by Gasteiger charge is 2.18. The highest BCUT2D eigenvalue weighted by molar-refractivity contribution is 7.98. The van der Waals surface area contributed by atoms with Crippen LogP contribution in [0.5, 0.6) is 0 Å². The van der Waals surface area contributed by atoms with E-state index < -0.39 is 0 Å². The van der Waals surface area contributed by atoms with Crippen molar-refractivity contribution in [3.63, 3.8) is 0 Å². The van der Waals surface area contributed by atoms with Gasteiger partial charge in [-0.25, -0.2) is 9.97 Å². The van der Waals surface area contributed by atoms with E-state index in [-0.39, 0.29) is 5.91 Å². The van der Waals surface area contributed by atoms with Crippen LogP contribution in [0.15, 0.2) is 52.3 Å². The number of carbonyl (C=O) groups excluding carboxylic acids is 1. The molecular formula is C19H17N5OS3. The molecule has 0 bridgehead atoms. The summed E-state index contributed by atoms with van der Waals surface area (Å²) in [5, 5.41) is 12.6. The third kappa shape index (κ3) is 4.16. The van der Waals surface area contributed by atoms with Crippen LogP contribution >= 0.6 is 34.4 Å². The third-order valence-corrected chi connectivity index (χ3v) is 6.51. The monoisotopic (exact) mass is 427 g/mol. The fourth-order valence-corrected chi connectivity index (χ4v) is 4.98. The maximum Gasteiger partial charge on any atom is 0.230 e. The third-order valence-electron chi connectivity index (χ3n) is 3.87. The molecule has 0 spiro atoms. The number of rotatable bonds is 6. The summed E-state index contributed by atoms with van der Waals surface area (Å²) < 4.78 is 0. The number of aromatic nitrogens is 4. The first-order valence-corrected chi connectivity index (χ1v) is 11.3. The Morgan fingerprint density at radius 1 is 1.21 bits per heavy atom. The second-order valence-electron chi connectivity index (χ2n) is 6.05. The van der Waals surface area contributed by atoms with Crippen molar-refractivity contribution < 1.29 is 4.79 Å². The average Bonchev–Trinajstić information content (AvgIpc) is 3.41. The Morgan fingerprint density at radius 3 is 2.86 bits per heavy atom. The summed E-state index contributed by atoms with van der Waals surface area (Å²) in [6.07, 6.45) is 0.